The SMILES string of the molecule is Cc1cc(-c2ccc3ccccc3c2C)cc2ccccc12. The van der Waals surface area contributed by atoms with Crippen molar-refractivity contribution in [1.29, 1.82) is 0 Å². The molecule has 0 aliphatic heterocycles. The second-order valence-electron chi connectivity index (χ2n) is 5.97. The van der Waals surface area contributed by atoms with Crippen molar-refractivity contribution in [3.05, 3.63) is 83.9 Å². The Balaban J connectivity index is 2.01. The molecule has 0 heteroatoms. The average Bonchev–Trinajstić information content (AvgIpc) is 2.55. The van der Waals surface area contributed by atoms with Crippen molar-refractivity contribution < 1.29 is 0 Å². The molecule has 0 radical (unpaired) electrons. The van der Waals surface area contributed by atoms with Crippen LogP contribution in [-0.4, -0.2) is 0 Å². The molecule has 0 aliphatic carbocycles. The molecule has 0 heterocycles. The monoisotopic (exact) mass is 282 g/mol. The minimum absolute atomic E-state index is 1.31. The van der Waals surface area contributed by atoms with Gasteiger partial charge in [-0.25, -0.2) is 0 Å². The summed E-state index contributed by atoms with van der Waals surface area (Å²) in [6.07, 6.45) is 0. The third kappa shape index (κ3) is 2.00. The van der Waals surface area contributed by atoms with Gasteiger partial charge in [0, 0.05) is 0 Å². The Labute approximate surface area is 131 Å². The molecule has 0 N–H and O–H groups in total. The molecule has 0 unspecified atom stereocenters. The Hall–Kier alpha value is -2.60. The largest absolute Gasteiger partial charge is 0.0616 e. The Kier molecular flexibility index (Phi) is 2.97. The smallest absolute Gasteiger partial charge is 0.0148 e. The molecule has 22 heavy (non-hydrogen) atoms. The van der Waals surface area contributed by atoms with Gasteiger partial charge in [0.25, 0.3) is 0 Å². The van der Waals surface area contributed by atoms with E-state index in [1.165, 1.54) is 43.8 Å². The number of benzene rings is 4. The van der Waals surface area contributed by atoms with Crippen molar-refractivity contribution in [3.8, 4) is 11.1 Å². The van der Waals surface area contributed by atoms with E-state index in [0.717, 1.165) is 0 Å². The second-order valence-corrected chi connectivity index (χ2v) is 5.97. The van der Waals surface area contributed by atoms with E-state index >= 15 is 0 Å². The van der Waals surface area contributed by atoms with Crippen LogP contribution in [0.5, 0.6) is 0 Å². The van der Waals surface area contributed by atoms with E-state index < -0.39 is 0 Å². The fourth-order valence-corrected chi connectivity index (χ4v) is 3.40. The summed E-state index contributed by atoms with van der Waals surface area (Å²) in [5, 5.41) is 5.29. The molecule has 0 nitrogen and oxygen atoms in total. The first-order valence-corrected chi connectivity index (χ1v) is 7.72. The van der Waals surface area contributed by atoms with Gasteiger partial charge in [-0.3, -0.25) is 0 Å². The zero-order valence-electron chi connectivity index (χ0n) is 12.9. The number of rotatable bonds is 1. The number of hydrogen-bond acceptors (Lipinski definition) is 0. The maximum absolute atomic E-state index is 2.30. The van der Waals surface area contributed by atoms with Crippen LogP contribution in [0.4, 0.5) is 0 Å². The number of hydrogen-bond donors (Lipinski definition) is 0. The Morgan fingerprint density at radius 3 is 2.09 bits per heavy atom. The van der Waals surface area contributed by atoms with E-state index in [4.69, 9.17) is 0 Å². The molecular formula is C22H18. The van der Waals surface area contributed by atoms with Crippen LogP contribution in [0.25, 0.3) is 32.7 Å². The highest BCUT2D eigenvalue weighted by atomic mass is 14.1. The van der Waals surface area contributed by atoms with Crippen LogP contribution in [0, 0.1) is 13.8 Å². The maximum atomic E-state index is 2.30. The first kappa shape index (κ1) is 13.1. The standard InChI is InChI=1S/C22H18/c1-15-13-19(14-18-8-4-5-9-20(15)18)22-12-11-17-7-3-6-10-21(17)16(22)2/h3-14H,1-2H3. The van der Waals surface area contributed by atoms with Gasteiger partial charge in [0.2, 0.25) is 0 Å². The average molecular weight is 282 g/mol. The van der Waals surface area contributed by atoms with Crippen molar-refractivity contribution in [3.63, 3.8) is 0 Å². The highest BCUT2D eigenvalue weighted by molar-refractivity contribution is 5.95. The Bertz CT molecular complexity index is 993. The van der Waals surface area contributed by atoms with E-state index in [1.807, 2.05) is 0 Å². The van der Waals surface area contributed by atoms with Crippen molar-refractivity contribution in [1.82, 2.24) is 0 Å². The summed E-state index contributed by atoms with van der Waals surface area (Å²) in [5.41, 5.74) is 5.32. The molecule has 0 fully saturated rings. The molecule has 0 spiro atoms. The molecule has 0 amide bonds. The van der Waals surface area contributed by atoms with E-state index in [2.05, 4.69) is 86.6 Å². The normalized spacial score (nSPS) is 11.2. The number of fused-ring (bicyclic) bond motifs is 2. The highest BCUT2D eigenvalue weighted by Crippen LogP contribution is 2.32. The molecule has 0 aromatic heterocycles. The molecule has 4 rings (SSSR count). The Morgan fingerprint density at radius 1 is 0.591 bits per heavy atom. The minimum atomic E-state index is 1.31. The zero-order chi connectivity index (χ0) is 15.1. The lowest BCUT2D eigenvalue weighted by Crippen LogP contribution is -1.88. The van der Waals surface area contributed by atoms with Crippen LogP contribution >= 0.6 is 0 Å². The van der Waals surface area contributed by atoms with E-state index in [1.54, 1.807) is 0 Å². The lowest BCUT2D eigenvalue weighted by atomic mass is 9.92. The van der Waals surface area contributed by atoms with Gasteiger partial charge in [-0.05, 0) is 63.7 Å². The summed E-state index contributed by atoms with van der Waals surface area (Å²) in [7, 11) is 0. The van der Waals surface area contributed by atoms with Gasteiger partial charge in [-0.2, -0.15) is 0 Å². The molecular weight excluding hydrogens is 264 g/mol. The van der Waals surface area contributed by atoms with E-state index in [9.17, 15) is 0 Å². The van der Waals surface area contributed by atoms with Crippen molar-refractivity contribution in [2.24, 2.45) is 0 Å². The minimum Gasteiger partial charge on any atom is -0.0616 e. The summed E-state index contributed by atoms with van der Waals surface area (Å²) in [6.45, 7) is 4.42. The molecule has 0 atom stereocenters. The fourth-order valence-electron chi connectivity index (χ4n) is 3.40. The third-order valence-corrected chi connectivity index (χ3v) is 4.58. The summed E-state index contributed by atoms with van der Waals surface area (Å²) < 4.78 is 0. The first-order chi connectivity index (χ1) is 10.7. The summed E-state index contributed by atoms with van der Waals surface area (Å²) >= 11 is 0. The molecule has 106 valence electrons. The third-order valence-electron chi connectivity index (χ3n) is 4.58. The first-order valence-electron chi connectivity index (χ1n) is 7.72. The lowest BCUT2D eigenvalue weighted by Gasteiger charge is -2.12. The highest BCUT2D eigenvalue weighted by Gasteiger charge is 2.08. The van der Waals surface area contributed by atoms with Crippen LogP contribution in [0.1, 0.15) is 11.1 Å². The topological polar surface area (TPSA) is 0 Å². The lowest BCUT2D eigenvalue weighted by molar-refractivity contribution is 1.48. The van der Waals surface area contributed by atoms with Crippen LogP contribution in [-0.2, 0) is 0 Å². The maximum Gasteiger partial charge on any atom is -0.0148 e. The van der Waals surface area contributed by atoms with Gasteiger partial charge in [0.15, 0.2) is 0 Å². The number of aryl methyl sites for hydroxylation is 2. The molecule has 4 aromatic carbocycles. The predicted molar refractivity (Wildman–Crippen MR) is 96.4 cm³/mol. The van der Waals surface area contributed by atoms with Crippen molar-refractivity contribution in [2.45, 2.75) is 13.8 Å². The molecule has 0 bridgehead atoms. The van der Waals surface area contributed by atoms with Crippen molar-refractivity contribution >= 4 is 21.5 Å². The van der Waals surface area contributed by atoms with Crippen LogP contribution in [0.2, 0.25) is 0 Å². The van der Waals surface area contributed by atoms with E-state index in [0.29, 0.717) is 0 Å². The quantitative estimate of drug-likeness (QED) is 0.385. The van der Waals surface area contributed by atoms with Crippen LogP contribution < -0.4 is 0 Å². The van der Waals surface area contributed by atoms with Crippen LogP contribution in [0.3, 0.4) is 0 Å². The van der Waals surface area contributed by atoms with Gasteiger partial charge in [-0.1, -0.05) is 66.7 Å². The Morgan fingerprint density at radius 2 is 1.27 bits per heavy atom. The molecule has 4 aromatic rings. The van der Waals surface area contributed by atoms with Crippen molar-refractivity contribution in [2.75, 3.05) is 0 Å². The van der Waals surface area contributed by atoms with Gasteiger partial charge >= 0.3 is 0 Å². The van der Waals surface area contributed by atoms with Gasteiger partial charge in [0.05, 0.1) is 0 Å². The van der Waals surface area contributed by atoms with E-state index in [-0.39, 0.29) is 0 Å². The summed E-state index contributed by atoms with van der Waals surface area (Å²) in [4.78, 5) is 0. The predicted octanol–water partition coefficient (Wildman–Crippen LogP) is 6.28. The van der Waals surface area contributed by atoms with Gasteiger partial charge < -0.3 is 0 Å². The molecule has 0 saturated heterocycles. The molecule has 0 saturated carbocycles. The second kappa shape index (κ2) is 4.99. The zero-order valence-corrected chi connectivity index (χ0v) is 12.9. The van der Waals surface area contributed by atoms with Gasteiger partial charge in [-0.15, -0.1) is 0 Å². The van der Waals surface area contributed by atoms with Gasteiger partial charge in [0.1, 0.15) is 0 Å². The molecule has 0 aliphatic rings. The summed E-state index contributed by atoms with van der Waals surface area (Å²) in [6, 6.07) is 26.3. The fraction of sp³-hybridized carbons (Fsp3) is 0.0909. The summed E-state index contributed by atoms with van der Waals surface area (Å²) in [5.74, 6) is 0. The van der Waals surface area contributed by atoms with Crippen LogP contribution in [0.15, 0.2) is 72.8 Å².